The maximum absolute atomic E-state index is 13.4. The van der Waals surface area contributed by atoms with E-state index in [0.717, 1.165) is 31.6 Å². The van der Waals surface area contributed by atoms with E-state index in [1.165, 1.54) is 32.0 Å². The number of aliphatic hydroxyl groups excluding tert-OH is 1. The molecule has 112 valence electrons. The van der Waals surface area contributed by atoms with E-state index < -0.39 is 17.7 Å². The Morgan fingerprint density at radius 3 is 2.70 bits per heavy atom. The minimum absolute atomic E-state index is 0.137. The molecule has 2 rings (SSSR count). The number of benzene rings is 1. The lowest BCUT2D eigenvalue weighted by atomic mass is 10.1. The number of likely N-dealkylation sites (tertiary alicyclic amines) is 1. The maximum Gasteiger partial charge on any atom is 0.131 e. The van der Waals surface area contributed by atoms with E-state index in [0.29, 0.717) is 0 Å². The summed E-state index contributed by atoms with van der Waals surface area (Å²) in [6.07, 6.45) is 2.65. The van der Waals surface area contributed by atoms with Crippen LogP contribution in [0.25, 0.3) is 0 Å². The third-order valence-electron chi connectivity index (χ3n) is 3.69. The number of hydrogen-bond acceptors (Lipinski definition) is 3. The Bertz CT molecular complexity index is 422. The molecule has 5 heteroatoms. The summed E-state index contributed by atoms with van der Waals surface area (Å²) in [5, 5.41) is 13.0. The van der Waals surface area contributed by atoms with Crippen LogP contribution in [-0.4, -0.2) is 42.7 Å². The van der Waals surface area contributed by atoms with E-state index in [-0.39, 0.29) is 12.1 Å². The molecule has 0 bridgehead atoms. The zero-order valence-corrected chi connectivity index (χ0v) is 11.6. The van der Waals surface area contributed by atoms with Gasteiger partial charge in [0.15, 0.2) is 0 Å². The van der Waals surface area contributed by atoms with Crippen molar-refractivity contribution in [3.8, 4) is 0 Å². The van der Waals surface area contributed by atoms with Crippen LogP contribution >= 0.6 is 0 Å². The van der Waals surface area contributed by atoms with Crippen molar-refractivity contribution >= 4 is 0 Å². The van der Waals surface area contributed by atoms with Gasteiger partial charge in [-0.3, -0.25) is 0 Å². The lowest BCUT2D eigenvalue weighted by molar-refractivity contribution is 0.169. The van der Waals surface area contributed by atoms with Gasteiger partial charge in [-0.2, -0.15) is 0 Å². The molecule has 0 spiro atoms. The van der Waals surface area contributed by atoms with Crippen molar-refractivity contribution in [2.45, 2.75) is 25.4 Å². The first-order valence-electron chi connectivity index (χ1n) is 7.23. The molecule has 0 aromatic heterocycles. The van der Waals surface area contributed by atoms with Crippen LogP contribution in [0.2, 0.25) is 0 Å². The first-order valence-corrected chi connectivity index (χ1v) is 7.23. The SMILES string of the molecule is OC(CNCCCN1CCCC1)c1ccc(F)cc1F. The number of hydrogen-bond donors (Lipinski definition) is 2. The lowest BCUT2D eigenvalue weighted by Crippen LogP contribution is -2.27. The van der Waals surface area contributed by atoms with Crippen molar-refractivity contribution in [3.63, 3.8) is 0 Å². The highest BCUT2D eigenvalue weighted by Gasteiger charge is 2.13. The second kappa shape index (κ2) is 7.67. The molecular formula is C15H22F2N2O. The average molecular weight is 284 g/mol. The van der Waals surface area contributed by atoms with Crippen molar-refractivity contribution in [1.29, 1.82) is 0 Å². The quantitative estimate of drug-likeness (QED) is 0.753. The first kappa shape index (κ1) is 15.4. The minimum atomic E-state index is -0.942. The van der Waals surface area contributed by atoms with E-state index in [9.17, 15) is 13.9 Å². The molecule has 1 aromatic rings. The smallest absolute Gasteiger partial charge is 0.131 e. The Hall–Kier alpha value is -1.04. The molecule has 1 heterocycles. The van der Waals surface area contributed by atoms with Gasteiger partial charge in [-0.25, -0.2) is 8.78 Å². The zero-order valence-electron chi connectivity index (χ0n) is 11.6. The fraction of sp³-hybridized carbons (Fsp3) is 0.600. The van der Waals surface area contributed by atoms with Gasteiger partial charge in [0.1, 0.15) is 11.6 Å². The fourth-order valence-electron chi connectivity index (χ4n) is 2.55. The Morgan fingerprint density at radius 1 is 1.25 bits per heavy atom. The van der Waals surface area contributed by atoms with E-state index in [4.69, 9.17) is 0 Å². The minimum Gasteiger partial charge on any atom is -0.387 e. The highest BCUT2D eigenvalue weighted by Crippen LogP contribution is 2.17. The van der Waals surface area contributed by atoms with Gasteiger partial charge in [0.25, 0.3) is 0 Å². The molecule has 1 saturated heterocycles. The molecule has 1 aliphatic rings. The maximum atomic E-state index is 13.4. The predicted octanol–water partition coefficient (Wildman–Crippen LogP) is 2.07. The van der Waals surface area contributed by atoms with Crippen molar-refractivity contribution in [2.24, 2.45) is 0 Å². The molecule has 20 heavy (non-hydrogen) atoms. The van der Waals surface area contributed by atoms with Crippen molar-refractivity contribution in [3.05, 3.63) is 35.4 Å². The normalized spacial score (nSPS) is 17.6. The van der Waals surface area contributed by atoms with E-state index in [1.807, 2.05) is 0 Å². The predicted molar refractivity (Wildman–Crippen MR) is 74.5 cm³/mol. The average Bonchev–Trinajstić information content (AvgIpc) is 2.91. The highest BCUT2D eigenvalue weighted by atomic mass is 19.1. The molecule has 1 atom stereocenters. The van der Waals surface area contributed by atoms with Gasteiger partial charge in [0.2, 0.25) is 0 Å². The zero-order chi connectivity index (χ0) is 14.4. The number of halogens is 2. The van der Waals surface area contributed by atoms with E-state index in [1.54, 1.807) is 0 Å². The fourth-order valence-corrected chi connectivity index (χ4v) is 2.55. The number of nitrogens with one attached hydrogen (secondary N) is 1. The highest BCUT2D eigenvalue weighted by molar-refractivity contribution is 5.21. The molecule has 1 aromatic carbocycles. The molecule has 2 N–H and O–H groups in total. The van der Waals surface area contributed by atoms with Crippen molar-refractivity contribution in [1.82, 2.24) is 10.2 Å². The molecular weight excluding hydrogens is 262 g/mol. The summed E-state index contributed by atoms with van der Waals surface area (Å²) in [6.45, 7) is 4.50. The Kier molecular flexibility index (Phi) is 5.88. The van der Waals surface area contributed by atoms with Crippen LogP contribution in [0.1, 0.15) is 30.9 Å². The van der Waals surface area contributed by atoms with Gasteiger partial charge in [-0.05, 0) is 51.5 Å². The van der Waals surface area contributed by atoms with Gasteiger partial charge in [-0.1, -0.05) is 6.07 Å². The molecule has 3 nitrogen and oxygen atoms in total. The van der Waals surface area contributed by atoms with Crippen molar-refractivity contribution in [2.75, 3.05) is 32.7 Å². The van der Waals surface area contributed by atoms with Gasteiger partial charge < -0.3 is 15.3 Å². The first-order chi connectivity index (χ1) is 9.66. The largest absolute Gasteiger partial charge is 0.387 e. The third-order valence-corrected chi connectivity index (χ3v) is 3.69. The Balaban J connectivity index is 1.65. The molecule has 0 amide bonds. The molecule has 1 aliphatic heterocycles. The second-order valence-corrected chi connectivity index (χ2v) is 5.29. The number of nitrogens with zero attached hydrogens (tertiary/aromatic N) is 1. The van der Waals surface area contributed by atoms with Gasteiger partial charge in [0, 0.05) is 18.2 Å². The lowest BCUT2D eigenvalue weighted by Gasteiger charge is -2.16. The number of aliphatic hydroxyl groups is 1. The summed E-state index contributed by atoms with van der Waals surface area (Å²) in [4.78, 5) is 2.43. The van der Waals surface area contributed by atoms with Gasteiger partial charge in [0.05, 0.1) is 6.10 Å². The summed E-state index contributed by atoms with van der Waals surface area (Å²) >= 11 is 0. The monoisotopic (exact) mass is 284 g/mol. The van der Waals surface area contributed by atoms with Gasteiger partial charge in [-0.15, -0.1) is 0 Å². The molecule has 0 aliphatic carbocycles. The second-order valence-electron chi connectivity index (χ2n) is 5.29. The summed E-state index contributed by atoms with van der Waals surface area (Å²) in [5.74, 6) is -1.33. The summed E-state index contributed by atoms with van der Waals surface area (Å²) in [7, 11) is 0. The third kappa shape index (κ3) is 4.51. The summed E-state index contributed by atoms with van der Waals surface area (Å²) in [6, 6.07) is 3.25. The molecule has 0 saturated carbocycles. The topological polar surface area (TPSA) is 35.5 Å². The van der Waals surface area contributed by atoms with Crippen LogP contribution in [0.15, 0.2) is 18.2 Å². The standard InChI is InChI=1S/C15H22F2N2O/c16-12-4-5-13(14(17)10-12)15(20)11-18-6-3-9-19-7-1-2-8-19/h4-5,10,15,18,20H,1-3,6-9,11H2. The summed E-state index contributed by atoms with van der Waals surface area (Å²) in [5.41, 5.74) is 0.137. The summed E-state index contributed by atoms with van der Waals surface area (Å²) < 4.78 is 26.2. The van der Waals surface area contributed by atoms with Crippen LogP contribution in [-0.2, 0) is 0 Å². The van der Waals surface area contributed by atoms with Crippen LogP contribution in [0.5, 0.6) is 0 Å². The van der Waals surface area contributed by atoms with Crippen LogP contribution in [0, 0.1) is 11.6 Å². The molecule has 1 unspecified atom stereocenters. The molecule has 0 radical (unpaired) electrons. The molecule has 1 fully saturated rings. The van der Waals surface area contributed by atoms with Gasteiger partial charge >= 0.3 is 0 Å². The Morgan fingerprint density at radius 2 is 2.00 bits per heavy atom. The van der Waals surface area contributed by atoms with E-state index >= 15 is 0 Å². The Labute approximate surface area is 118 Å². The van der Waals surface area contributed by atoms with E-state index in [2.05, 4.69) is 10.2 Å². The number of rotatable bonds is 7. The van der Waals surface area contributed by atoms with Crippen LogP contribution < -0.4 is 5.32 Å². The van der Waals surface area contributed by atoms with Crippen LogP contribution in [0.3, 0.4) is 0 Å². The van der Waals surface area contributed by atoms with Crippen LogP contribution in [0.4, 0.5) is 8.78 Å². The van der Waals surface area contributed by atoms with Crippen molar-refractivity contribution < 1.29 is 13.9 Å².